The van der Waals surface area contributed by atoms with E-state index >= 15 is 0 Å². The minimum Gasteiger partial charge on any atom is -0.337 e. The maximum absolute atomic E-state index is 5.50. The van der Waals surface area contributed by atoms with Crippen LogP contribution in [0, 0.1) is 0 Å². The number of nitrogen functional groups attached to an aromatic ring is 1. The van der Waals surface area contributed by atoms with Crippen molar-refractivity contribution in [3.05, 3.63) is 23.8 Å². The van der Waals surface area contributed by atoms with E-state index in [2.05, 4.69) is 53.5 Å². The fourth-order valence-corrected chi connectivity index (χ4v) is 1.96. The number of aryl methyl sites for hydroxylation is 2. The molecular formula is C14H23N7. The van der Waals surface area contributed by atoms with Crippen molar-refractivity contribution in [3.63, 3.8) is 0 Å². The first-order valence-electron chi connectivity index (χ1n) is 6.99. The van der Waals surface area contributed by atoms with Crippen molar-refractivity contribution in [1.82, 2.24) is 19.7 Å². The van der Waals surface area contributed by atoms with Gasteiger partial charge in [0.15, 0.2) is 0 Å². The van der Waals surface area contributed by atoms with Crippen LogP contribution in [0.25, 0.3) is 0 Å². The lowest BCUT2D eigenvalue weighted by Gasteiger charge is -2.18. The molecule has 0 aliphatic rings. The van der Waals surface area contributed by atoms with Crippen LogP contribution >= 0.6 is 0 Å². The molecule has 7 nitrogen and oxygen atoms in total. The van der Waals surface area contributed by atoms with Gasteiger partial charge in [-0.2, -0.15) is 5.10 Å². The number of anilines is 3. The number of aromatic nitrogens is 4. The van der Waals surface area contributed by atoms with Crippen LogP contribution in [0.1, 0.15) is 39.2 Å². The monoisotopic (exact) mass is 289 g/mol. The zero-order valence-corrected chi connectivity index (χ0v) is 13.2. The summed E-state index contributed by atoms with van der Waals surface area (Å²) in [5.74, 6) is 7.51. The molecule has 0 bridgehead atoms. The average Bonchev–Trinajstić information content (AvgIpc) is 2.77. The van der Waals surface area contributed by atoms with Gasteiger partial charge in [-0.3, -0.25) is 4.68 Å². The van der Waals surface area contributed by atoms with E-state index in [1.807, 2.05) is 13.2 Å². The zero-order chi connectivity index (χ0) is 15.6. The van der Waals surface area contributed by atoms with E-state index in [4.69, 9.17) is 5.84 Å². The molecule has 2 aromatic heterocycles. The molecule has 114 valence electrons. The fourth-order valence-electron chi connectivity index (χ4n) is 1.96. The topological polar surface area (TPSA) is 93.7 Å². The Kier molecular flexibility index (Phi) is 4.13. The Bertz CT molecular complexity index is 625. The van der Waals surface area contributed by atoms with Gasteiger partial charge in [0.05, 0.1) is 11.4 Å². The molecule has 0 amide bonds. The summed E-state index contributed by atoms with van der Waals surface area (Å²) in [5, 5.41) is 7.71. The second-order valence-corrected chi connectivity index (χ2v) is 6.00. The van der Waals surface area contributed by atoms with Gasteiger partial charge in [-0.25, -0.2) is 15.8 Å². The Morgan fingerprint density at radius 2 is 1.90 bits per heavy atom. The maximum Gasteiger partial charge on any atom is 0.145 e. The standard InChI is InChI=1S/C14H23N7/c1-6-9-10(8-21(5)20-9)16-11-7-12(19-15)18-13(17-11)14(2,3)4/h7-8H,6,15H2,1-5H3,(H2,16,17,18,19). The van der Waals surface area contributed by atoms with Gasteiger partial charge in [0.25, 0.3) is 0 Å². The third-order valence-electron chi connectivity index (χ3n) is 3.05. The summed E-state index contributed by atoms with van der Waals surface area (Å²) in [5.41, 5.74) is 4.37. The van der Waals surface area contributed by atoms with Crippen molar-refractivity contribution in [1.29, 1.82) is 0 Å². The van der Waals surface area contributed by atoms with E-state index in [-0.39, 0.29) is 5.41 Å². The highest BCUT2D eigenvalue weighted by Crippen LogP contribution is 2.25. The van der Waals surface area contributed by atoms with Crippen LogP contribution in [0.5, 0.6) is 0 Å². The third-order valence-corrected chi connectivity index (χ3v) is 3.05. The van der Waals surface area contributed by atoms with Gasteiger partial charge in [0, 0.05) is 24.7 Å². The highest BCUT2D eigenvalue weighted by molar-refractivity contribution is 5.60. The van der Waals surface area contributed by atoms with Crippen LogP contribution in [0.3, 0.4) is 0 Å². The minimum absolute atomic E-state index is 0.161. The summed E-state index contributed by atoms with van der Waals surface area (Å²) >= 11 is 0. The second kappa shape index (κ2) is 5.69. The molecule has 0 aliphatic heterocycles. The molecule has 2 heterocycles. The number of nitrogens with zero attached hydrogens (tertiary/aromatic N) is 4. The van der Waals surface area contributed by atoms with Gasteiger partial charge < -0.3 is 10.7 Å². The van der Waals surface area contributed by atoms with Crippen LogP contribution in [0.2, 0.25) is 0 Å². The van der Waals surface area contributed by atoms with Gasteiger partial charge in [-0.15, -0.1) is 0 Å². The predicted octanol–water partition coefficient (Wildman–Crippen LogP) is 2.10. The molecule has 0 saturated carbocycles. The Morgan fingerprint density at radius 3 is 2.48 bits per heavy atom. The van der Waals surface area contributed by atoms with E-state index in [0.717, 1.165) is 23.6 Å². The lowest BCUT2D eigenvalue weighted by molar-refractivity contribution is 0.547. The number of nitrogens with one attached hydrogen (secondary N) is 2. The first kappa shape index (κ1) is 15.2. The molecule has 0 radical (unpaired) electrons. The Labute approximate surface area is 124 Å². The number of hydrogen-bond acceptors (Lipinski definition) is 6. The quantitative estimate of drug-likeness (QED) is 0.589. The molecule has 21 heavy (non-hydrogen) atoms. The van der Waals surface area contributed by atoms with Crippen LogP contribution in [0.4, 0.5) is 17.3 Å². The number of hydrazine groups is 1. The molecule has 0 atom stereocenters. The van der Waals surface area contributed by atoms with E-state index in [0.29, 0.717) is 11.6 Å². The molecule has 2 rings (SSSR count). The normalized spacial score (nSPS) is 11.5. The van der Waals surface area contributed by atoms with Gasteiger partial charge in [-0.05, 0) is 6.42 Å². The molecule has 0 aliphatic carbocycles. The largest absolute Gasteiger partial charge is 0.337 e. The Hall–Kier alpha value is -2.15. The van der Waals surface area contributed by atoms with Gasteiger partial charge in [0.2, 0.25) is 0 Å². The summed E-state index contributed by atoms with van der Waals surface area (Å²) in [4.78, 5) is 8.98. The lowest BCUT2D eigenvalue weighted by atomic mass is 9.96. The van der Waals surface area contributed by atoms with E-state index in [9.17, 15) is 0 Å². The molecule has 0 saturated heterocycles. The highest BCUT2D eigenvalue weighted by Gasteiger charge is 2.19. The van der Waals surface area contributed by atoms with Crippen LogP contribution in [0.15, 0.2) is 12.3 Å². The first-order valence-corrected chi connectivity index (χ1v) is 6.99. The molecule has 7 heteroatoms. The predicted molar refractivity (Wildman–Crippen MR) is 84.4 cm³/mol. The van der Waals surface area contributed by atoms with E-state index in [1.165, 1.54) is 0 Å². The molecule has 2 aromatic rings. The van der Waals surface area contributed by atoms with Gasteiger partial charge >= 0.3 is 0 Å². The van der Waals surface area contributed by atoms with Crippen LogP contribution in [-0.4, -0.2) is 19.7 Å². The number of hydrogen-bond donors (Lipinski definition) is 3. The third kappa shape index (κ3) is 3.49. The molecule has 0 fully saturated rings. The SMILES string of the molecule is CCc1nn(C)cc1Nc1cc(NN)nc(C(C)(C)C)n1. The molecule has 0 unspecified atom stereocenters. The highest BCUT2D eigenvalue weighted by atomic mass is 15.3. The van der Waals surface area contributed by atoms with Crippen molar-refractivity contribution in [2.45, 2.75) is 39.5 Å². The van der Waals surface area contributed by atoms with Gasteiger partial charge in [-0.1, -0.05) is 27.7 Å². The summed E-state index contributed by atoms with van der Waals surface area (Å²) < 4.78 is 1.79. The van der Waals surface area contributed by atoms with Crippen LogP contribution < -0.4 is 16.6 Å². The average molecular weight is 289 g/mol. The number of rotatable bonds is 4. The fraction of sp³-hybridized carbons (Fsp3) is 0.500. The summed E-state index contributed by atoms with van der Waals surface area (Å²) in [7, 11) is 1.90. The summed E-state index contributed by atoms with van der Waals surface area (Å²) in [6.07, 6.45) is 2.79. The first-order chi connectivity index (χ1) is 9.83. The zero-order valence-electron chi connectivity index (χ0n) is 13.2. The lowest BCUT2D eigenvalue weighted by Crippen LogP contribution is -2.19. The van der Waals surface area contributed by atoms with Crippen LogP contribution in [-0.2, 0) is 18.9 Å². The maximum atomic E-state index is 5.50. The van der Waals surface area contributed by atoms with E-state index < -0.39 is 0 Å². The second-order valence-electron chi connectivity index (χ2n) is 6.00. The van der Waals surface area contributed by atoms with Gasteiger partial charge in [0.1, 0.15) is 17.5 Å². The molecular weight excluding hydrogens is 266 g/mol. The summed E-state index contributed by atoms with van der Waals surface area (Å²) in [6, 6.07) is 1.78. The van der Waals surface area contributed by atoms with Crippen molar-refractivity contribution in [2.24, 2.45) is 12.9 Å². The number of nitrogens with two attached hydrogens (primary N) is 1. The van der Waals surface area contributed by atoms with Crippen molar-refractivity contribution >= 4 is 17.3 Å². The van der Waals surface area contributed by atoms with Crippen molar-refractivity contribution in [2.75, 3.05) is 10.7 Å². The smallest absolute Gasteiger partial charge is 0.145 e. The molecule has 4 N–H and O–H groups in total. The molecule has 0 spiro atoms. The van der Waals surface area contributed by atoms with Crippen molar-refractivity contribution < 1.29 is 0 Å². The van der Waals surface area contributed by atoms with E-state index in [1.54, 1.807) is 10.7 Å². The molecule has 0 aromatic carbocycles. The summed E-state index contributed by atoms with van der Waals surface area (Å²) in [6.45, 7) is 8.26. The minimum atomic E-state index is -0.161. The Morgan fingerprint density at radius 1 is 1.24 bits per heavy atom. The Balaban J connectivity index is 2.39. The van der Waals surface area contributed by atoms with Crippen molar-refractivity contribution in [3.8, 4) is 0 Å².